The number of nitrogens with two attached hydrogens (primary N) is 1. The Hall–Kier alpha value is -2.24. The minimum Gasteiger partial charge on any atom is -0.493 e. The first-order valence-corrected chi connectivity index (χ1v) is 7.02. The molecule has 1 aromatic carbocycles. The average Bonchev–Trinajstić information content (AvgIpc) is 3.29. The summed E-state index contributed by atoms with van der Waals surface area (Å²) in [6.45, 7) is 0.970. The minimum atomic E-state index is 0.457. The smallest absolute Gasteiger partial charge is 0.227 e. The van der Waals surface area contributed by atoms with Gasteiger partial charge >= 0.3 is 0 Å². The van der Waals surface area contributed by atoms with Gasteiger partial charge in [-0.25, -0.2) is 4.98 Å². The van der Waals surface area contributed by atoms with Crippen LogP contribution in [-0.4, -0.2) is 37.8 Å². The lowest BCUT2D eigenvalue weighted by atomic mass is 10.2. The monoisotopic (exact) mass is 288 g/mol. The van der Waals surface area contributed by atoms with Crippen LogP contribution in [0, 0.1) is 5.92 Å². The Morgan fingerprint density at radius 1 is 1.19 bits per heavy atom. The van der Waals surface area contributed by atoms with Gasteiger partial charge in [-0.15, -0.1) is 0 Å². The number of nitrogens with zero attached hydrogens (tertiary/aromatic N) is 3. The molecule has 1 fully saturated rings. The van der Waals surface area contributed by atoms with Gasteiger partial charge < -0.3 is 20.1 Å². The molecule has 1 saturated carbocycles. The van der Waals surface area contributed by atoms with Crippen LogP contribution in [-0.2, 0) is 0 Å². The Labute approximate surface area is 123 Å². The minimum absolute atomic E-state index is 0.457. The van der Waals surface area contributed by atoms with Crippen LogP contribution < -0.4 is 20.1 Å². The van der Waals surface area contributed by atoms with Gasteiger partial charge in [0.1, 0.15) is 5.82 Å². The van der Waals surface area contributed by atoms with E-state index in [1.165, 1.54) is 12.8 Å². The first kappa shape index (κ1) is 13.7. The van der Waals surface area contributed by atoms with E-state index in [0.717, 1.165) is 23.4 Å². The zero-order valence-electron chi connectivity index (χ0n) is 12.6. The summed E-state index contributed by atoms with van der Waals surface area (Å²) in [5.41, 5.74) is 6.84. The molecule has 2 N–H and O–H groups in total. The topological polar surface area (TPSA) is 73.5 Å². The van der Waals surface area contributed by atoms with Crippen molar-refractivity contribution < 1.29 is 9.47 Å². The Morgan fingerprint density at radius 3 is 2.48 bits per heavy atom. The zero-order valence-corrected chi connectivity index (χ0v) is 12.6. The van der Waals surface area contributed by atoms with E-state index in [9.17, 15) is 0 Å². The summed E-state index contributed by atoms with van der Waals surface area (Å²) in [7, 11) is 5.20. The van der Waals surface area contributed by atoms with Crippen LogP contribution in [0.3, 0.4) is 0 Å². The molecule has 0 saturated heterocycles. The summed E-state index contributed by atoms with van der Waals surface area (Å²) in [6, 6.07) is 3.65. The van der Waals surface area contributed by atoms with Crippen molar-refractivity contribution in [3.63, 3.8) is 0 Å². The van der Waals surface area contributed by atoms with Gasteiger partial charge in [0, 0.05) is 25.0 Å². The van der Waals surface area contributed by atoms with E-state index in [-0.39, 0.29) is 0 Å². The SMILES string of the molecule is COc1cc2nc(N(C)CC3CC3)nc(N)c2cc1OC. The van der Waals surface area contributed by atoms with Crippen molar-refractivity contribution >= 4 is 22.7 Å². The Morgan fingerprint density at radius 2 is 1.86 bits per heavy atom. The number of methoxy groups -OCH3 is 2. The van der Waals surface area contributed by atoms with E-state index >= 15 is 0 Å². The second-order valence-corrected chi connectivity index (χ2v) is 5.46. The second-order valence-electron chi connectivity index (χ2n) is 5.46. The van der Waals surface area contributed by atoms with Crippen molar-refractivity contribution in [2.24, 2.45) is 5.92 Å². The molecule has 0 amide bonds. The van der Waals surface area contributed by atoms with Crippen LogP contribution in [0.15, 0.2) is 12.1 Å². The predicted octanol–water partition coefficient (Wildman–Crippen LogP) is 2.08. The molecule has 0 atom stereocenters. The number of benzene rings is 1. The van der Waals surface area contributed by atoms with E-state index in [4.69, 9.17) is 15.2 Å². The summed E-state index contributed by atoms with van der Waals surface area (Å²) in [4.78, 5) is 11.1. The number of hydrogen-bond donors (Lipinski definition) is 1. The van der Waals surface area contributed by atoms with Gasteiger partial charge in [0.25, 0.3) is 0 Å². The molecule has 112 valence electrons. The third-order valence-corrected chi connectivity index (χ3v) is 3.79. The van der Waals surface area contributed by atoms with E-state index < -0.39 is 0 Å². The fourth-order valence-corrected chi connectivity index (χ4v) is 2.41. The van der Waals surface area contributed by atoms with Crippen LogP contribution >= 0.6 is 0 Å². The number of hydrogen-bond acceptors (Lipinski definition) is 6. The van der Waals surface area contributed by atoms with Crippen LogP contribution in [0.1, 0.15) is 12.8 Å². The summed E-state index contributed by atoms with van der Waals surface area (Å²) < 4.78 is 10.6. The molecule has 0 radical (unpaired) electrons. The molecule has 1 aliphatic rings. The maximum atomic E-state index is 6.08. The maximum absolute atomic E-state index is 6.08. The second kappa shape index (κ2) is 5.27. The average molecular weight is 288 g/mol. The van der Waals surface area contributed by atoms with Gasteiger partial charge in [-0.3, -0.25) is 0 Å². The molecule has 2 aromatic rings. The lowest BCUT2D eigenvalue weighted by molar-refractivity contribution is 0.356. The van der Waals surface area contributed by atoms with E-state index in [1.54, 1.807) is 14.2 Å². The number of fused-ring (bicyclic) bond motifs is 1. The van der Waals surface area contributed by atoms with Crippen molar-refractivity contribution in [2.45, 2.75) is 12.8 Å². The molecule has 0 aliphatic heterocycles. The third kappa shape index (κ3) is 2.66. The van der Waals surface area contributed by atoms with Crippen LogP contribution in [0.2, 0.25) is 0 Å². The Balaban J connectivity index is 2.04. The van der Waals surface area contributed by atoms with Crippen molar-refractivity contribution in [2.75, 3.05) is 38.4 Å². The number of rotatable bonds is 5. The van der Waals surface area contributed by atoms with Crippen LogP contribution in [0.25, 0.3) is 10.9 Å². The molecule has 1 heterocycles. The summed E-state index contributed by atoms with van der Waals surface area (Å²) in [5, 5.41) is 0.774. The van der Waals surface area contributed by atoms with Crippen molar-refractivity contribution in [1.29, 1.82) is 0 Å². The highest BCUT2D eigenvalue weighted by Crippen LogP contribution is 2.35. The van der Waals surface area contributed by atoms with Gasteiger partial charge in [-0.2, -0.15) is 4.98 Å². The molecule has 3 rings (SSSR count). The lowest BCUT2D eigenvalue weighted by Crippen LogP contribution is -2.22. The third-order valence-electron chi connectivity index (χ3n) is 3.79. The lowest BCUT2D eigenvalue weighted by Gasteiger charge is -2.18. The normalized spacial score (nSPS) is 14.2. The van der Waals surface area contributed by atoms with Crippen molar-refractivity contribution in [3.8, 4) is 11.5 Å². The highest BCUT2D eigenvalue weighted by atomic mass is 16.5. The van der Waals surface area contributed by atoms with E-state index in [0.29, 0.717) is 23.3 Å². The molecule has 0 unspecified atom stereocenters. The number of ether oxygens (including phenoxy) is 2. The van der Waals surface area contributed by atoms with Gasteiger partial charge in [0.15, 0.2) is 11.5 Å². The molecule has 0 bridgehead atoms. The maximum Gasteiger partial charge on any atom is 0.227 e. The standard InChI is InChI=1S/C15H20N4O2/c1-19(8-9-4-5-9)15-17-11-7-13(21-3)12(20-2)6-10(11)14(16)18-15/h6-7,9H,4-5,8H2,1-3H3,(H2,16,17,18). The molecule has 21 heavy (non-hydrogen) atoms. The highest BCUT2D eigenvalue weighted by molar-refractivity contribution is 5.91. The van der Waals surface area contributed by atoms with Crippen LogP contribution in [0.4, 0.5) is 11.8 Å². The molecule has 1 aromatic heterocycles. The van der Waals surface area contributed by atoms with Gasteiger partial charge in [0.05, 0.1) is 19.7 Å². The summed E-state index contributed by atoms with van der Waals surface area (Å²) in [6.07, 6.45) is 2.58. The van der Waals surface area contributed by atoms with Gasteiger partial charge in [0.2, 0.25) is 5.95 Å². The predicted molar refractivity (Wildman–Crippen MR) is 83.0 cm³/mol. The largest absolute Gasteiger partial charge is 0.493 e. The molecule has 0 spiro atoms. The van der Waals surface area contributed by atoms with Gasteiger partial charge in [-0.1, -0.05) is 0 Å². The molecule has 6 heteroatoms. The van der Waals surface area contributed by atoms with E-state index in [1.807, 2.05) is 19.2 Å². The molecular formula is C15H20N4O2. The van der Waals surface area contributed by atoms with E-state index in [2.05, 4.69) is 14.9 Å². The first-order chi connectivity index (χ1) is 10.1. The zero-order chi connectivity index (χ0) is 15.0. The van der Waals surface area contributed by atoms with Crippen molar-refractivity contribution in [1.82, 2.24) is 9.97 Å². The quantitative estimate of drug-likeness (QED) is 0.908. The summed E-state index contributed by atoms with van der Waals surface area (Å²) >= 11 is 0. The Bertz CT molecular complexity index is 670. The highest BCUT2D eigenvalue weighted by Gasteiger charge is 2.24. The van der Waals surface area contributed by atoms with Crippen molar-refractivity contribution in [3.05, 3.63) is 12.1 Å². The summed E-state index contributed by atoms with van der Waals surface area (Å²) in [5.74, 6) is 3.14. The fourth-order valence-electron chi connectivity index (χ4n) is 2.41. The molecular weight excluding hydrogens is 268 g/mol. The Kier molecular flexibility index (Phi) is 3.45. The fraction of sp³-hybridized carbons (Fsp3) is 0.467. The molecule has 6 nitrogen and oxygen atoms in total. The number of anilines is 2. The number of nitrogen functional groups attached to an aromatic ring is 1. The number of aromatic nitrogens is 2. The van der Waals surface area contributed by atoms with Crippen LogP contribution in [0.5, 0.6) is 11.5 Å². The first-order valence-electron chi connectivity index (χ1n) is 7.02. The van der Waals surface area contributed by atoms with Gasteiger partial charge in [-0.05, 0) is 24.8 Å². The molecule has 1 aliphatic carbocycles.